The molecule has 0 saturated carbocycles. The maximum absolute atomic E-state index is 14.2. The number of nitrogens with zero attached hydrogens (tertiary/aromatic N) is 6. The van der Waals surface area contributed by atoms with Crippen molar-refractivity contribution in [1.82, 2.24) is 29.0 Å². The predicted molar refractivity (Wildman–Crippen MR) is 150 cm³/mol. The summed E-state index contributed by atoms with van der Waals surface area (Å²) in [4.78, 5) is 24.5. The van der Waals surface area contributed by atoms with Crippen LogP contribution >= 0.6 is 11.6 Å². The van der Waals surface area contributed by atoms with Crippen LogP contribution in [0.1, 0.15) is 30.0 Å². The number of hydrogen-bond donors (Lipinski definition) is 1. The van der Waals surface area contributed by atoms with Crippen LogP contribution in [0.4, 0.5) is 19.1 Å². The molecule has 0 atom stereocenters. The SMILES string of the molecule is CCN(CC)CCn1c(NC(=O)c2nn3c(C(F)(F)F)cc(-c4cccc(OC)c4)nc3c2Cl)nc2ccccc21. The summed E-state index contributed by atoms with van der Waals surface area (Å²) >= 11 is 6.48. The quantitative estimate of drug-likeness (QED) is 0.227. The number of hydrogen-bond acceptors (Lipinski definition) is 6. The average Bonchev–Trinajstić information content (AvgIpc) is 3.49. The number of aromatic nitrogens is 5. The summed E-state index contributed by atoms with van der Waals surface area (Å²) < 4.78 is 50.1. The molecule has 214 valence electrons. The van der Waals surface area contributed by atoms with Gasteiger partial charge >= 0.3 is 6.18 Å². The minimum atomic E-state index is -4.81. The van der Waals surface area contributed by atoms with Crippen molar-refractivity contribution in [2.24, 2.45) is 0 Å². The van der Waals surface area contributed by atoms with E-state index in [2.05, 4.69) is 39.1 Å². The van der Waals surface area contributed by atoms with Crippen LogP contribution in [-0.4, -0.2) is 61.7 Å². The molecule has 2 aromatic carbocycles. The highest BCUT2D eigenvalue weighted by atomic mass is 35.5. The maximum atomic E-state index is 14.2. The van der Waals surface area contributed by atoms with Crippen molar-refractivity contribution in [3.8, 4) is 17.0 Å². The number of para-hydroxylation sites is 2. The molecule has 0 fully saturated rings. The lowest BCUT2D eigenvalue weighted by atomic mass is 10.1. The fourth-order valence-corrected chi connectivity index (χ4v) is 4.85. The van der Waals surface area contributed by atoms with Gasteiger partial charge in [0.1, 0.15) is 10.8 Å². The van der Waals surface area contributed by atoms with E-state index in [1.54, 1.807) is 24.3 Å². The van der Waals surface area contributed by atoms with Crippen molar-refractivity contribution in [3.05, 3.63) is 71.0 Å². The molecule has 1 amide bonds. The summed E-state index contributed by atoms with van der Waals surface area (Å²) in [6, 6.07) is 14.7. The Bertz CT molecular complexity index is 1730. The molecule has 5 aromatic rings. The number of amides is 1. The Morgan fingerprint density at radius 3 is 2.54 bits per heavy atom. The van der Waals surface area contributed by atoms with Crippen LogP contribution in [0, 0.1) is 0 Å². The molecular formula is C28H27ClF3N7O2. The number of imidazole rings is 1. The Hall–Kier alpha value is -4.16. The fraction of sp³-hybridized carbons (Fsp3) is 0.286. The van der Waals surface area contributed by atoms with Crippen molar-refractivity contribution in [2.45, 2.75) is 26.6 Å². The van der Waals surface area contributed by atoms with Gasteiger partial charge in [-0.15, -0.1) is 0 Å². The maximum Gasteiger partial charge on any atom is 0.433 e. The third-order valence-corrected chi connectivity index (χ3v) is 7.17. The smallest absolute Gasteiger partial charge is 0.433 e. The zero-order chi connectivity index (χ0) is 29.3. The van der Waals surface area contributed by atoms with Crippen LogP contribution in [0.3, 0.4) is 0 Å². The first kappa shape index (κ1) is 28.4. The molecule has 41 heavy (non-hydrogen) atoms. The zero-order valence-electron chi connectivity index (χ0n) is 22.5. The molecular weight excluding hydrogens is 559 g/mol. The highest BCUT2D eigenvalue weighted by molar-refractivity contribution is 6.37. The second-order valence-corrected chi connectivity index (χ2v) is 9.59. The summed E-state index contributed by atoms with van der Waals surface area (Å²) in [6.07, 6.45) is -4.81. The second kappa shape index (κ2) is 11.4. The van der Waals surface area contributed by atoms with Gasteiger partial charge in [0.25, 0.3) is 5.91 Å². The van der Waals surface area contributed by atoms with Gasteiger partial charge in [0.2, 0.25) is 5.95 Å². The van der Waals surface area contributed by atoms with Gasteiger partial charge in [-0.1, -0.05) is 49.7 Å². The molecule has 5 rings (SSSR count). The molecule has 3 heterocycles. The van der Waals surface area contributed by atoms with Gasteiger partial charge in [-0.2, -0.15) is 18.3 Å². The topological polar surface area (TPSA) is 89.6 Å². The van der Waals surface area contributed by atoms with Gasteiger partial charge < -0.3 is 14.2 Å². The van der Waals surface area contributed by atoms with E-state index >= 15 is 0 Å². The lowest BCUT2D eigenvalue weighted by molar-refractivity contribution is -0.142. The fourth-order valence-electron chi connectivity index (χ4n) is 4.61. The van der Waals surface area contributed by atoms with Gasteiger partial charge in [-0.05, 0) is 43.4 Å². The highest BCUT2D eigenvalue weighted by Gasteiger charge is 2.37. The van der Waals surface area contributed by atoms with Crippen LogP contribution in [0.25, 0.3) is 27.9 Å². The van der Waals surface area contributed by atoms with Crippen LogP contribution in [-0.2, 0) is 12.7 Å². The van der Waals surface area contributed by atoms with E-state index in [1.807, 2.05) is 28.8 Å². The molecule has 0 aliphatic heterocycles. The Labute approximate surface area is 238 Å². The van der Waals surface area contributed by atoms with Gasteiger partial charge in [0.05, 0.1) is 23.8 Å². The van der Waals surface area contributed by atoms with E-state index in [0.29, 0.717) is 34.4 Å². The standard InChI is InChI=1S/C28H27ClF3N7O2/c1-4-37(5-2)13-14-38-21-12-7-6-11-19(21)34-27(38)35-26(40)24-23(29)25-33-20(17-9-8-10-18(15-17)41-3)16-22(28(30,31)32)39(25)36-24/h6-12,15-16H,4-5,13-14H2,1-3H3,(H,34,35,40). The lowest BCUT2D eigenvalue weighted by Gasteiger charge is -2.19. The van der Waals surface area contributed by atoms with Crippen LogP contribution in [0.5, 0.6) is 5.75 Å². The number of fused-ring (bicyclic) bond motifs is 2. The van der Waals surface area contributed by atoms with Gasteiger partial charge in [-0.3, -0.25) is 10.1 Å². The number of carbonyl (C=O) groups is 1. The average molecular weight is 586 g/mol. The number of carbonyl (C=O) groups excluding carboxylic acids is 1. The molecule has 1 N–H and O–H groups in total. The summed E-state index contributed by atoms with van der Waals surface area (Å²) in [5.41, 5.74) is -0.00679. The number of halogens is 4. The number of nitrogens with one attached hydrogen (secondary N) is 1. The highest BCUT2D eigenvalue weighted by Crippen LogP contribution is 2.35. The van der Waals surface area contributed by atoms with Crippen molar-refractivity contribution >= 4 is 40.1 Å². The Kier molecular flexibility index (Phi) is 7.87. The van der Waals surface area contributed by atoms with E-state index in [0.717, 1.165) is 24.7 Å². The van der Waals surface area contributed by atoms with Crippen molar-refractivity contribution in [3.63, 3.8) is 0 Å². The summed E-state index contributed by atoms with van der Waals surface area (Å²) in [5.74, 6) is -0.130. The monoisotopic (exact) mass is 585 g/mol. The molecule has 3 aromatic heterocycles. The Morgan fingerprint density at radius 1 is 1.07 bits per heavy atom. The van der Waals surface area contributed by atoms with E-state index in [1.165, 1.54) is 7.11 Å². The first-order valence-corrected chi connectivity index (χ1v) is 13.3. The van der Waals surface area contributed by atoms with Gasteiger partial charge in [0, 0.05) is 18.7 Å². The number of ether oxygens (including phenoxy) is 1. The van der Waals surface area contributed by atoms with Crippen LogP contribution in [0.2, 0.25) is 5.02 Å². The third-order valence-electron chi connectivity index (χ3n) is 6.82. The number of rotatable bonds is 9. The van der Waals surface area contributed by atoms with Crippen LogP contribution < -0.4 is 10.1 Å². The number of likely N-dealkylation sites (N-methyl/N-ethyl adjacent to an activating group) is 1. The summed E-state index contributed by atoms with van der Waals surface area (Å²) in [5, 5.41) is 6.34. The summed E-state index contributed by atoms with van der Waals surface area (Å²) in [7, 11) is 1.45. The molecule has 0 bridgehead atoms. The Morgan fingerprint density at radius 2 is 1.83 bits per heavy atom. The first-order chi connectivity index (χ1) is 19.6. The number of methoxy groups -OCH3 is 1. The minimum Gasteiger partial charge on any atom is -0.497 e. The summed E-state index contributed by atoms with van der Waals surface area (Å²) in [6.45, 7) is 7.07. The minimum absolute atomic E-state index is 0.00400. The molecule has 0 radical (unpaired) electrons. The molecule has 0 spiro atoms. The molecule has 13 heteroatoms. The number of benzene rings is 2. The largest absolute Gasteiger partial charge is 0.497 e. The van der Waals surface area contributed by atoms with Crippen molar-refractivity contribution in [1.29, 1.82) is 0 Å². The van der Waals surface area contributed by atoms with E-state index in [-0.39, 0.29) is 22.3 Å². The molecule has 0 unspecified atom stereocenters. The van der Waals surface area contributed by atoms with E-state index < -0.39 is 23.5 Å². The molecule has 9 nitrogen and oxygen atoms in total. The predicted octanol–water partition coefficient (Wildman–Crippen LogP) is 6.02. The van der Waals surface area contributed by atoms with Crippen LogP contribution in [0.15, 0.2) is 54.6 Å². The zero-order valence-corrected chi connectivity index (χ0v) is 23.3. The lowest BCUT2D eigenvalue weighted by Crippen LogP contribution is -2.27. The molecule has 0 aliphatic carbocycles. The van der Waals surface area contributed by atoms with Crippen molar-refractivity contribution < 1.29 is 22.7 Å². The first-order valence-electron chi connectivity index (χ1n) is 12.9. The third kappa shape index (κ3) is 5.57. The van der Waals surface area contributed by atoms with Gasteiger partial charge in [0.15, 0.2) is 17.0 Å². The van der Waals surface area contributed by atoms with E-state index in [4.69, 9.17) is 16.3 Å². The van der Waals surface area contributed by atoms with Gasteiger partial charge in [-0.25, -0.2) is 14.5 Å². The van der Waals surface area contributed by atoms with Crippen molar-refractivity contribution in [2.75, 3.05) is 32.1 Å². The number of anilines is 1. The molecule has 0 aliphatic rings. The van der Waals surface area contributed by atoms with E-state index in [9.17, 15) is 18.0 Å². The number of alkyl halides is 3. The second-order valence-electron chi connectivity index (χ2n) is 9.21. The molecule has 0 saturated heterocycles. The normalized spacial score (nSPS) is 12.0. The Balaban J connectivity index is 1.56.